The van der Waals surface area contributed by atoms with Crippen molar-refractivity contribution < 1.29 is 21.2 Å². The van der Waals surface area contributed by atoms with Crippen LogP contribution in [-0.4, -0.2) is 35.4 Å². The Labute approximate surface area is 118 Å². The summed E-state index contributed by atoms with van der Waals surface area (Å²) in [6.45, 7) is 1.43. The number of nitrogen functional groups attached to an aromatic ring is 1. The maximum absolute atomic E-state index is 13.2. The number of sulfonamides is 1. The van der Waals surface area contributed by atoms with Crippen molar-refractivity contribution in [3.05, 3.63) is 23.5 Å². The van der Waals surface area contributed by atoms with Crippen molar-refractivity contribution in [2.45, 2.75) is 18.2 Å². The average molecular weight is 324 g/mol. The molecule has 0 radical (unpaired) electrons. The second-order valence-corrected chi connectivity index (χ2v) is 8.52. The van der Waals surface area contributed by atoms with E-state index in [9.17, 15) is 21.2 Å². The normalized spacial score (nSPS) is 12.6. The van der Waals surface area contributed by atoms with Gasteiger partial charge in [0.2, 0.25) is 10.0 Å². The number of hydrogen-bond acceptors (Lipinski definition) is 5. The third-order valence-corrected chi connectivity index (χ3v) is 5.20. The molecular weight excluding hydrogens is 307 g/mol. The molecule has 0 heterocycles. The Hall–Kier alpha value is -1.19. The summed E-state index contributed by atoms with van der Waals surface area (Å²) >= 11 is 0. The van der Waals surface area contributed by atoms with E-state index in [-0.39, 0.29) is 34.9 Å². The molecule has 1 rings (SSSR count). The largest absolute Gasteiger partial charge is 0.396 e. The number of halogens is 1. The van der Waals surface area contributed by atoms with Gasteiger partial charge in [0.1, 0.15) is 15.7 Å². The smallest absolute Gasteiger partial charge is 0.240 e. The molecule has 0 atom stereocenters. The lowest BCUT2D eigenvalue weighted by molar-refractivity contribution is 0.576. The van der Waals surface area contributed by atoms with E-state index >= 15 is 0 Å². The van der Waals surface area contributed by atoms with Gasteiger partial charge in [-0.25, -0.2) is 25.9 Å². The molecule has 1 aromatic carbocycles. The van der Waals surface area contributed by atoms with Crippen LogP contribution >= 0.6 is 0 Å². The maximum Gasteiger partial charge on any atom is 0.240 e. The van der Waals surface area contributed by atoms with E-state index in [1.807, 2.05) is 0 Å². The minimum Gasteiger partial charge on any atom is -0.396 e. The highest BCUT2D eigenvalue weighted by atomic mass is 32.2. The van der Waals surface area contributed by atoms with Gasteiger partial charge in [0.25, 0.3) is 0 Å². The van der Waals surface area contributed by atoms with Crippen molar-refractivity contribution in [3.63, 3.8) is 0 Å². The Morgan fingerprint density at radius 2 is 1.85 bits per heavy atom. The summed E-state index contributed by atoms with van der Waals surface area (Å²) < 4.78 is 61.3. The maximum atomic E-state index is 13.2. The Morgan fingerprint density at radius 3 is 2.40 bits per heavy atom. The molecule has 6 nitrogen and oxygen atoms in total. The van der Waals surface area contributed by atoms with Crippen LogP contribution in [0.4, 0.5) is 10.1 Å². The van der Waals surface area contributed by atoms with Crippen LogP contribution in [0, 0.1) is 12.7 Å². The predicted octanol–water partition coefficient (Wildman–Crippen LogP) is 0.429. The number of sulfone groups is 1. The molecule has 0 aliphatic carbocycles. The van der Waals surface area contributed by atoms with Crippen molar-refractivity contribution in [1.29, 1.82) is 0 Å². The fraction of sp³-hybridized carbons (Fsp3) is 0.455. The lowest BCUT2D eigenvalue weighted by Gasteiger charge is -2.10. The number of nitrogens with two attached hydrogens (primary N) is 1. The molecule has 0 saturated heterocycles. The zero-order valence-corrected chi connectivity index (χ0v) is 12.8. The lowest BCUT2D eigenvalue weighted by atomic mass is 10.2. The molecule has 0 aliphatic heterocycles. The van der Waals surface area contributed by atoms with Crippen molar-refractivity contribution >= 4 is 25.5 Å². The van der Waals surface area contributed by atoms with Gasteiger partial charge in [-0.2, -0.15) is 0 Å². The van der Waals surface area contributed by atoms with E-state index in [4.69, 9.17) is 5.73 Å². The van der Waals surface area contributed by atoms with E-state index < -0.39 is 25.7 Å². The summed E-state index contributed by atoms with van der Waals surface area (Å²) in [5.41, 5.74) is 5.32. The fourth-order valence-electron chi connectivity index (χ4n) is 1.58. The highest BCUT2D eigenvalue weighted by molar-refractivity contribution is 7.90. The van der Waals surface area contributed by atoms with E-state index in [1.54, 1.807) is 0 Å². The van der Waals surface area contributed by atoms with Crippen LogP contribution in [0.25, 0.3) is 0 Å². The minimum atomic E-state index is -3.84. The van der Waals surface area contributed by atoms with Crippen LogP contribution in [0.15, 0.2) is 17.0 Å². The van der Waals surface area contributed by atoms with Crippen LogP contribution < -0.4 is 10.5 Å². The fourth-order valence-corrected chi connectivity index (χ4v) is 3.58. The van der Waals surface area contributed by atoms with Gasteiger partial charge >= 0.3 is 0 Å². The number of rotatable bonds is 6. The van der Waals surface area contributed by atoms with Crippen molar-refractivity contribution in [1.82, 2.24) is 4.72 Å². The highest BCUT2D eigenvalue weighted by Gasteiger charge is 2.18. The standard InChI is InChI=1S/C11H17FN2O4S2/c1-8-6-9(12)10(13)7-11(8)20(17,18)14-4-3-5-19(2,15)16/h6-7,14H,3-5,13H2,1-2H3. The second-order valence-electron chi connectivity index (χ2n) is 4.52. The summed E-state index contributed by atoms with van der Waals surface area (Å²) in [7, 11) is -6.97. The highest BCUT2D eigenvalue weighted by Crippen LogP contribution is 2.21. The monoisotopic (exact) mass is 324 g/mol. The summed E-state index contributed by atoms with van der Waals surface area (Å²) in [6.07, 6.45) is 1.24. The van der Waals surface area contributed by atoms with E-state index in [1.165, 1.54) is 6.92 Å². The zero-order valence-electron chi connectivity index (χ0n) is 11.2. The first-order valence-electron chi connectivity index (χ1n) is 5.76. The average Bonchev–Trinajstić information content (AvgIpc) is 2.28. The molecule has 114 valence electrons. The van der Waals surface area contributed by atoms with Crippen LogP contribution in [0.3, 0.4) is 0 Å². The van der Waals surface area contributed by atoms with E-state index in [0.29, 0.717) is 0 Å². The van der Waals surface area contributed by atoms with Gasteiger partial charge < -0.3 is 5.73 Å². The SMILES string of the molecule is Cc1cc(F)c(N)cc1S(=O)(=O)NCCCS(C)(=O)=O. The predicted molar refractivity (Wildman–Crippen MR) is 75.1 cm³/mol. The number of nitrogens with one attached hydrogen (secondary N) is 1. The van der Waals surface area contributed by atoms with Gasteiger partial charge in [0.05, 0.1) is 16.3 Å². The Kier molecular flexibility index (Phi) is 5.11. The number of hydrogen-bond donors (Lipinski definition) is 2. The van der Waals surface area contributed by atoms with Gasteiger partial charge in [-0.15, -0.1) is 0 Å². The van der Waals surface area contributed by atoms with Crippen molar-refractivity contribution in [3.8, 4) is 0 Å². The number of anilines is 1. The number of benzene rings is 1. The molecule has 1 aromatic rings. The van der Waals surface area contributed by atoms with Gasteiger partial charge in [-0.1, -0.05) is 0 Å². The Balaban J connectivity index is 2.82. The molecule has 0 unspecified atom stereocenters. The molecule has 20 heavy (non-hydrogen) atoms. The molecule has 0 saturated carbocycles. The van der Waals surface area contributed by atoms with Crippen molar-refractivity contribution in [2.24, 2.45) is 0 Å². The molecular formula is C11H17FN2O4S2. The first-order valence-corrected chi connectivity index (χ1v) is 9.30. The van der Waals surface area contributed by atoms with Gasteiger partial charge in [-0.05, 0) is 31.0 Å². The van der Waals surface area contributed by atoms with Crippen molar-refractivity contribution in [2.75, 3.05) is 24.3 Å². The second kappa shape index (κ2) is 6.06. The molecule has 0 aromatic heterocycles. The zero-order chi connectivity index (χ0) is 15.6. The quantitative estimate of drug-likeness (QED) is 0.583. The molecule has 0 fully saturated rings. The van der Waals surface area contributed by atoms with Gasteiger partial charge in [-0.3, -0.25) is 0 Å². The van der Waals surface area contributed by atoms with Gasteiger partial charge in [0.15, 0.2) is 0 Å². The Bertz CT molecular complexity index is 699. The third kappa shape index (κ3) is 4.73. The molecule has 3 N–H and O–H groups in total. The van der Waals surface area contributed by atoms with Gasteiger partial charge in [0, 0.05) is 12.8 Å². The third-order valence-electron chi connectivity index (χ3n) is 2.57. The molecule has 0 aliphatic rings. The Morgan fingerprint density at radius 1 is 1.25 bits per heavy atom. The van der Waals surface area contributed by atoms with E-state index in [0.717, 1.165) is 18.4 Å². The molecule has 0 bridgehead atoms. The molecule has 9 heteroatoms. The topological polar surface area (TPSA) is 106 Å². The van der Waals surface area contributed by atoms with E-state index in [2.05, 4.69) is 4.72 Å². The first kappa shape index (κ1) is 16.9. The summed E-state index contributed by atoms with van der Waals surface area (Å²) in [4.78, 5) is -0.115. The summed E-state index contributed by atoms with van der Waals surface area (Å²) in [5, 5.41) is 0. The summed E-state index contributed by atoms with van der Waals surface area (Å²) in [5.74, 6) is -0.793. The van der Waals surface area contributed by atoms with Crippen LogP contribution in [-0.2, 0) is 19.9 Å². The lowest BCUT2D eigenvalue weighted by Crippen LogP contribution is -2.27. The van der Waals surface area contributed by atoms with Crippen LogP contribution in [0.5, 0.6) is 0 Å². The molecule has 0 spiro atoms. The summed E-state index contributed by atoms with van der Waals surface area (Å²) in [6, 6.07) is 2.09. The van der Waals surface area contributed by atoms with Crippen LogP contribution in [0.1, 0.15) is 12.0 Å². The number of aryl methyl sites for hydroxylation is 1. The first-order chi connectivity index (χ1) is 9.03. The van der Waals surface area contributed by atoms with Crippen LogP contribution in [0.2, 0.25) is 0 Å². The molecule has 0 amide bonds. The minimum absolute atomic E-state index is 0.0217.